The van der Waals surface area contributed by atoms with Crippen molar-refractivity contribution in [2.24, 2.45) is 10.9 Å². The number of halogens is 1. The summed E-state index contributed by atoms with van der Waals surface area (Å²) in [5, 5.41) is 11.4. The number of amidine groups is 1. The number of nitrogens with two attached hydrogens (primary N) is 1. The van der Waals surface area contributed by atoms with E-state index in [1.165, 1.54) is 12.1 Å². The highest BCUT2D eigenvalue weighted by atomic mass is 19.1. The monoisotopic (exact) mass is 281 g/mol. The number of carbonyl (C=O) groups is 1. The van der Waals surface area contributed by atoms with E-state index in [0.717, 1.165) is 6.20 Å². The molecule has 0 bridgehead atoms. The van der Waals surface area contributed by atoms with Crippen molar-refractivity contribution in [2.75, 3.05) is 32.7 Å². The minimum atomic E-state index is -0.467. The average molecular weight is 281 g/mol. The summed E-state index contributed by atoms with van der Waals surface area (Å²) < 4.78 is 12.8. The summed E-state index contributed by atoms with van der Waals surface area (Å²) in [6, 6.07) is 2.59. The Morgan fingerprint density at radius 1 is 1.40 bits per heavy atom. The molecule has 1 aliphatic heterocycles. The van der Waals surface area contributed by atoms with Crippen molar-refractivity contribution in [2.45, 2.75) is 0 Å². The second-order valence-electron chi connectivity index (χ2n) is 4.52. The summed E-state index contributed by atoms with van der Waals surface area (Å²) in [6.07, 6.45) is 1.03. The molecular formula is C12H16FN5O2. The first kappa shape index (κ1) is 14.2. The zero-order valence-corrected chi connectivity index (χ0v) is 10.9. The smallest absolute Gasteiger partial charge is 0.272 e. The Morgan fingerprint density at radius 3 is 2.65 bits per heavy atom. The molecule has 1 saturated heterocycles. The van der Waals surface area contributed by atoms with Crippen LogP contribution in [0.2, 0.25) is 0 Å². The third-order valence-corrected chi connectivity index (χ3v) is 3.12. The molecule has 1 aromatic heterocycles. The van der Waals surface area contributed by atoms with Gasteiger partial charge in [-0.15, -0.1) is 0 Å². The summed E-state index contributed by atoms with van der Waals surface area (Å²) in [5.74, 6) is -0.538. The van der Waals surface area contributed by atoms with Gasteiger partial charge in [0.05, 0.1) is 12.7 Å². The fourth-order valence-electron chi connectivity index (χ4n) is 2.03. The van der Waals surface area contributed by atoms with Gasteiger partial charge in [0, 0.05) is 26.2 Å². The molecule has 7 nitrogen and oxygen atoms in total. The molecule has 2 heterocycles. The fourth-order valence-corrected chi connectivity index (χ4v) is 2.03. The fraction of sp³-hybridized carbons (Fsp3) is 0.417. The molecule has 8 heteroatoms. The number of hydrogen-bond donors (Lipinski definition) is 2. The van der Waals surface area contributed by atoms with Gasteiger partial charge in [0.15, 0.2) is 5.84 Å². The second-order valence-corrected chi connectivity index (χ2v) is 4.52. The maximum absolute atomic E-state index is 12.8. The number of piperazine rings is 1. The minimum Gasteiger partial charge on any atom is -0.409 e. The van der Waals surface area contributed by atoms with Crippen molar-refractivity contribution in [1.29, 1.82) is 0 Å². The molecule has 1 aliphatic rings. The van der Waals surface area contributed by atoms with E-state index in [1.807, 2.05) is 4.90 Å². The second kappa shape index (κ2) is 6.29. The number of oxime groups is 1. The normalized spacial score (nSPS) is 17.2. The van der Waals surface area contributed by atoms with Crippen molar-refractivity contribution in [3.05, 3.63) is 29.8 Å². The van der Waals surface area contributed by atoms with Gasteiger partial charge in [0.25, 0.3) is 5.91 Å². The highest BCUT2D eigenvalue weighted by Crippen LogP contribution is 2.07. The van der Waals surface area contributed by atoms with Gasteiger partial charge in [0.1, 0.15) is 11.5 Å². The van der Waals surface area contributed by atoms with Crippen LogP contribution in [0.4, 0.5) is 4.39 Å². The number of rotatable bonds is 3. The van der Waals surface area contributed by atoms with Gasteiger partial charge in [0.2, 0.25) is 0 Å². The Labute approximate surface area is 115 Å². The van der Waals surface area contributed by atoms with Crippen LogP contribution in [0.15, 0.2) is 23.5 Å². The molecular weight excluding hydrogens is 265 g/mol. The number of hydrogen-bond acceptors (Lipinski definition) is 5. The molecule has 0 aliphatic carbocycles. The van der Waals surface area contributed by atoms with E-state index in [2.05, 4.69) is 10.1 Å². The van der Waals surface area contributed by atoms with Crippen molar-refractivity contribution in [1.82, 2.24) is 14.8 Å². The molecule has 0 spiro atoms. The molecule has 20 heavy (non-hydrogen) atoms. The standard InChI is InChI=1S/C12H16FN5O2/c13-9-1-2-10(15-7-9)12(19)18-5-3-17(4-6-18)8-11(14)16-20/h1-2,7,20H,3-6,8H2,(H2,14,16). The first-order valence-corrected chi connectivity index (χ1v) is 6.19. The Kier molecular flexibility index (Phi) is 4.46. The quantitative estimate of drug-likeness (QED) is 0.344. The predicted octanol–water partition coefficient (Wildman–Crippen LogP) is -0.275. The molecule has 0 saturated carbocycles. The van der Waals surface area contributed by atoms with Crippen LogP contribution in [0.1, 0.15) is 10.5 Å². The Hall–Kier alpha value is -2.22. The van der Waals surface area contributed by atoms with Gasteiger partial charge in [-0.25, -0.2) is 9.37 Å². The van der Waals surface area contributed by atoms with Crippen LogP contribution in [0.25, 0.3) is 0 Å². The molecule has 3 N–H and O–H groups in total. The molecule has 0 unspecified atom stereocenters. The summed E-state index contributed by atoms with van der Waals surface area (Å²) in [6.45, 7) is 2.67. The number of amides is 1. The van der Waals surface area contributed by atoms with Crippen LogP contribution >= 0.6 is 0 Å². The lowest BCUT2D eigenvalue weighted by Gasteiger charge is -2.34. The van der Waals surface area contributed by atoms with E-state index >= 15 is 0 Å². The average Bonchev–Trinajstić information content (AvgIpc) is 2.48. The van der Waals surface area contributed by atoms with E-state index < -0.39 is 5.82 Å². The number of nitrogens with zero attached hydrogens (tertiary/aromatic N) is 4. The predicted molar refractivity (Wildman–Crippen MR) is 69.9 cm³/mol. The molecule has 108 valence electrons. The van der Waals surface area contributed by atoms with Gasteiger partial charge >= 0.3 is 0 Å². The van der Waals surface area contributed by atoms with E-state index in [4.69, 9.17) is 10.9 Å². The van der Waals surface area contributed by atoms with Crippen LogP contribution in [0, 0.1) is 5.82 Å². The zero-order chi connectivity index (χ0) is 14.5. The van der Waals surface area contributed by atoms with Gasteiger partial charge in [-0.2, -0.15) is 0 Å². The molecule has 1 aromatic rings. The lowest BCUT2D eigenvalue weighted by molar-refractivity contribution is 0.0647. The SMILES string of the molecule is N/C(CN1CCN(C(=O)c2ccc(F)cn2)CC1)=N/O. The van der Waals surface area contributed by atoms with Gasteiger partial charge in [-0.05, 0) is 12.1 Å². The first-order valence-electron chi connectivity index (χ1n) is 6.19. The number of aromatic nitrogens is 1. The third kappa shape index (κ3) is 3.41. The number of pyridine rings is 1. The number of carbonyl (C=O) groups excluding carboxylic acids is 1. The summed E-state index contributed by atoms with van der Waals surface area (Å²) >= 11 is 0. The largest absolute Gasteiger partial charge is 0.409 e. The molecule has 2 rings (SSSR count). The van der Waals surface area contributed by atoms with Crippen molar-refractivity contribution < 1.29 is 14.4 Å². The van der Waals surface area contributed by atoms with E-state index in [1.54, 1.807) is 4.90 Å². The molecule has 0 aromatic carbocycles. The van der Waals surface area contributed by atoms with E-state index in [-0.39, 0.29) is 17.4 Å². The van der Waals surface area contributed by atoms with Crippen LogP contribution in [-0.2, 0) is 0 Å². The molecule has 1 fully saturated rings. The topological polar surface area (TPSA) is 95.0 Å². The summed E-state index contributed by atoms with van der Waals surface area (Å²) in [7, 11) is 0. The first-order chi connectivity index (χ1) is 9.60. The van der Waals surface area contributed by atoms with Gasteiger partial charge < -0.3 is 15.8 Å². The van der Waals surface area contributed by atoms with Gasteiger partial charge in [-0.1, -0.05) is 5.16 Å². The third-order valence-electron chi connectivity index (χ3n) is 3.12. The zero-order valence-electron chi connectivity index (χ0n) is 10.9. The van der Waals surface area contributed by atoms with Crippen LogP contribution in [-0.4, -0.2) is 64.5 Å². The van der Waals surface area contributed by atoms with Crippen LogP contribution in [0.3, 0.4) is 0 Å². The highest BCUT2D eigenvalue weighted by Gasteiger charge is 2.23. The maximum atomic E-state index is 12.8. The molecule has 0 atom stereocenters. The van der Waals surface area contributed by atoms with Crippen molar-refractivity contribution in [3.63, 3.8) is 0 Å². The van der Waals surface area contributed by atoms with Gasteiger partial charge in [-0.3, -0.25) is 9.69 Å². The lowest BCUT2D eigenvalue weighted by Crippen LogP contribution is -2.50. The minimum absolute atomic E-state index is 0.143. The van der Waals surface area contributed by atoms with Crippen molar-refractivity contribution in [3.8, 4) is 0 Å². The summed E-state index contributed by atoms with van der Waals surface area (Å²) in [5.41, 5.74) is 5.67. The van der Waals surface area contributed by atoms with Crippen LogP contribution in [0.5, 0.6) is 0 Å². The lowest BCUT2D eigenvalue weighted by atomic mass is 10.2. The molecule has 1 amide bonds. The Bertz CT molecular complexity index is 497. The maximum Gasteiger partial charge on any atom is 0.272 e. The molecule has 0 radical (unpaired) electrons. The highest BCUT2D eigenvalue weighted by molar-refractivity contribution is 5.92. The van der Waals surface area contributed by atoms with E-state index in [0.29, 0.717) is 32.7 Å². The van der Waals surface area contributed by atoms with Crippen molar-refractivity contribution >= 4 is 11.7 Å². The summed E-state index contributed by atoms with van der Waals surface area (Å²) in [4.78, 5) is 19.6. The Balaban J connectivity index is 1.90. The van der Waals surface area contributed by atoms with Crippen LogP contribution < -0.4 is 5.73 Å². The Morgan fingerprint density at radius 2 is 2.10 bits per heavy atom. The van der Waals surface area contributed by atoms with E-state index in [9.17, 15) is 9.18 Å².